The van der Waals surface area contributed by atoms with Crippen LogP contribution in [0.4, 0.5) is 8.78 Å². The van der Waals surface area contributed by atoms with Gasteiger partial charge in [0.05, 0.1) is 0 Å². The zero-order chi connectivity index (χ0) is 19.9. The van der Waals surface area contributed by atoms with Gasteiger partial charge in [0.25, 0.3) is 0 Å². The van der Waals surface area contributed by atoms with E-state index in [4.69, 9.17) is 4.74 Å². The van der Waals surface area contributed by atoms with Gasteiger partial charge in [0.15, 0.2) is 0 Å². The van der Waals surface area contributed by atoms with Gasteiger partial charge in [-0.1, -0.05) is 13.8 Å². The molecule has 1 N–H and O–H groups in total. The van der Waals surface area contributed by atoms with Crippen LogP contribution in [-0.4, -0.2) is 28.5 Å². The van der Waals surface area contributed by atoms with E-state index >= 15 is 0 Å². The summed E-state index contributed by atoms with van der Waals surface area (Å²) in [4.78, 5) is 12.1. The summed E-state index contributed by atoms with van der Waals surface area (Å²) in [5, 5.41) is 18.1. The fourth-order valence-electron chi connectivity index (χ4n) is 6.44. The maximum atomic E-state index is 13.9. The summed E-state index contributed by atoms with van der Waals surface area (Å²) in [6.07, 6.45) is 6.45. The molecular weight excluding hydrogens is 382 g/mol. The molecule has 4 aliphatic carbocycles. The lowest BCUT2D eigenvalue weighted by Crippen LogP contribution is -2.59. The number of carbonyl (C=O) groups is 1. The summed E-state index contributed by atoms with van der Waals surface area (Å²) in [5.41, 5.74) is -0.983. The van der Waals surface area contributed by atoms with Gasteiger partial charge in [-0.2, -0.15) is 13.1 Å². The number of ether oxygens (including phenoxy) is 1. The van der Waals surface area contributed by atoms with Gasteiger partial charge in [-0.25, -0.2) is 4.79 Å². The third-order valence-electron chi connectivity index (χ3n) is 6.48. The molecule has 6 nitrogen and oxygen atoms in total. The van der Waals surface area contributed by atoms with Crippen LogP contribution in [0.15, 0.2) is 0 Å². The van der Waals surface area contributed by atoms with Gasteiger partial charge in [0.2, 0.25) is 0 Å². The lowest BCUT2D eigenvalue weighted by atomic mass is 9.45. The number of alkyl halides is 2. The maximum Gasteiger partial charge on any atom is 0.415 e. The zero-order valence-electron chi connectivity index (χ0n) is 15.7. The fourth-order valence-corrected chi connectivity index (χ4v) is 6.67. The molecule has 27 heavy (non-hydrogen) atoms. The first-order valence-electron chi connectivity index (χ1n) is 9.39. The molecule has 0 radical (unpaired) electrons. The molecule has 0 amide bonds. The predicted octanol–water partition coefficient (Wildman–Crippen LogP) is 3.13. The number of hydrogen-bond donors (Lipinski definition) is 1. The van der Waals surface area contributed by atoms with E-state index in [2.05, 4.69) is 23.2 Å². The Hall–Kier alpha value is -0.480. The van der Waals surface area contributed by atoms with Crippen molar-refractivity contribution >= 4 is 18.0 Å². The van der Waals surface area contributed by atoms with Crippen molar-refractivity contribution in [2.24, 2.45) is 22.7 Å². The Balaban J connectivity index is 1.75. The van der Waals surface area contributed by atoms with Crippen LogP contribution in [0.1, 0.15) is 65.2 Å². The summed E-state index contributed by atoms with van der Waals surface area (Å²) in [6.45, 7) is 4.35. The van der Waals surface area contributed by atoms with Crippen molar-refractivity contribution in [3.8, 4) is 0 Å². The quantitative estimate of drug-likeness (QED) is 0.271. The number of hydrogen-bond acceptors (Lipinski definition) is 7. The van der Waals surface area contributed by atoms with Gasteiger partial charge in [-0.15, -0.1) is 0 Å². The van der Waals surface area contributed by atoms with E-state index in [1.807, 2.05) is 0 Å². The highest BCUT2D eigenvalue weighted by Gasteiger charge is 2.61. The van der Waals surface area contributed by atoms with Crippen molar-refractivity contribution in [2.45, 2.75) is 76.1 Å². The van der Waals surface area contributed by atoms with Crippen molar-refractivity contribution in [1.29, 1.82) is 0 Å². The lowest BCUT2D eigenvalue weighted by molar-refractivity contribution is -0.777. The number of esters is 1. The highest BCUT2D eigenvalue weighted by Crippen LogP contribution is 2.65. The highest BCUT2D eigenvalue weighted by molar-refractivity contribution is 7.96. The molecule has 4 fully saturated rings. The third kappa shape index (κ3) is 4.58. The van der Waals surface area contributed by atoms with E-state index in [-0.39, 0.29) is 17.4 Å². The van der Waals surface area contributed by atoms with Gasteiger partial charge in [-0.3, -0.25) is 5.04 Å². The van der Waals surface area contributed by atoms with Crippen LogP contribution in [-0.2, 0) is 18.9 Å². The largest absolute Gasteiger partial charge is 0.691 e. The molecule has 0 aromatic rings. The Morgan fingerprint density at radius 3 is 2.44 bits per heavy atom. The number of aliphatic hydroxyl groups is 1. The highest BCUT2D eigenvalue weighted by atomic mass is 32.2. The SMILES string of the molecule is CC(C)(CCO)CC12CC3CC(C1)CC(OC(=O)C(F)(F)SOO[O-])(C3)C2. The second kappa shape index (κ2) is 7.40. The minimum Gasteiger partial charge on any atom is -0.691 e. The summed E-state index contributed by atoms with van der Waals surface area (Å²) < 4.78 is 36.8. The topological polar surface area (TPSA) is 88.1 Å². The predicted molar refractivity (Wildman–Crippen MR) is 90.7 cm³/mol. The van der Waals surface area contributed by atoms with Gasteiger partial charge in [-0.05, 0) is 74.0 Å². The maximum absolute atomic E-state index is 13.9. The van der Waals surface area contributed by atoms with Crippen LogP contribution in [0.25, 0.3) is 0 Å². The molecule has 2 atom stereocenters. The number of halogens is 2. The van der Waals surface area contributed by atoms with Crippen LogP contribution >= 0.6 is 12.0 Å². The fraction of sp³-hybridized carbons (Fsp3) is 0.944. The molecule has 4 rings (SSSR count). The van der Waals surface area contributed by atoms with E-state index in [1.165, 1.54) is 0 Å². The van der Waals surface area contributed by atoms with Crippen LogP contribution in [0.2, 0.25) is 0 Å². The average molecular weight is 409 g/mol. The first-order valence-corrected chi connectivity index (χ1v) is 10.1. The third-order valence-corrected chi connectivity index (χ3v) is 6.98. The number of aliphatic hydroxyl groups excluding tert-OH is 1. The lowest BCUT2D eigenvalue weighted by Gasteiger charge is -2.62. The molecular formula is C18H27F2O6S-. The van der Waals surface area contributed by atoms with Crippen molar-refractivity contribution in [3.63, 3.8) is 0 Å². The molecule has 0 aromatic carbocycles. The van der Waals surface area contributed by atoms with Crippen molar-refractivity contribution in [2.75, 3.05) is 6.61 Å². The van der Waals surface area contributed by atoms with Gasteiger partial charge in [0.1, 0.15) is 17.6 Å². The molecule has 0 saturated heterocycles. The molecule has 0 aliphatic heterocycles. The van der Waals surface area contributed by atoms with Crippen molar-refractivity contribution in [3.05, 3.63) is 0 Å². The zero-order valence-corrected chi connectivity index (χ0v) is 16.5. The minimum absolute atomic E-state index is 0.0416. The average Bonchev–Trinajstić information content (AvgIpc) is 2.49. The molecule has 4 bridgehead atoms. The number of rotatable bonds is 9. The standard InChI is InChI=1S/C18H28F2O6S/c1-15(2,3-4-21)10-16-6-12-5-13(7-16)9-17(8-12,11-16)24-14(22)18(19,20)27-26-25-23/h12-13,21,23H,3-11H2,1-2H3/p-1. The molecule has 0 aromatic heterocycles. The van der Waals surface area contributed by atoms with E-state index in [9.17, 15) is 23.9 Å². The van der Waals surface area contributed by atoms with E-state index in [0.29, 0.717) is 37.5 Å². The molecule has 2 unspecified atom stereocenters. The second-order valence-corrected chi connectivity index (χ2v) is 10.4. The molecule has 0 heterocycles. The molecule has 9 heteroatoms. The van der Waals surface area contributed by atoms with Crippen LogP contribution in [0.5, 0.6) is 0 Å². The van der Waals surface area contributed by atoms with Crippen LogP contribution < -0.4 is 5.26 Å². The summed E-state index contributed by atoms with van der Waals surface area (Å²) in [6, 6.07) is 0. The van der Waals surface area contributed by atoms with E-state index in [1.54, 1.807) is 0 Å². The van der Waals surface area contributed by atoms with Crippen molar-refractivity contribution in [1.82, 2.24) is 0 Å². The monoisotopic (exact) mass is 409 g/mol. The molecule has 0 spiro atoms. The Labute approximate surface area is 162 Å². The summed E-state index contributed by atoms with van der Waals surface area (Å²) >= 11 is -0.639. The summed E-state index contributed by atoms with van der Waals surface area (Å²) in [7, 11) is 0. The Kier molecular flexibility index (Phi) is 5.82. The first kappa shape index (κ1) is 21.2. The van der Waals surface area contributed by atoms with Gasteiger partial charge >= 0.3 is 11.2 Å². The van der Waals surface area contributed by atoms with E-state index < -0.39 is 28.9 Å². The smallest absolute Gasteiger partial charge is 0.415 e. The minimum atomic E-state index is -4.00. The summed E-state index contributed by atoms with van der Waals surface area (Å²) in [5.74, 6) is -0.950. The van der Waals surface area contributed by atoms with Gasteiger partial charge in [0, 0.05) is 6.61 Å². The normalized spacial score (nSPS) is 35.5. The van der Waals surface area contributed by atoms with Crippen molar-refractivity contribution < 1.29 is 38.0 Å². The van der Waals surface area contributed by atoms with Crippen LogP contribution in [0.3, 0.4) is 0 Å². The molecule has 156 valence electrons. The second-order valence-electron chi connectivity index (χ2n) is 9.58. The first-order chi connectivity index (χ1) is 12.5. The number of carbonyl (C=O) groups excluding carboxylic acids is 1. The Morgan fingerprint density at radius 1 is 1.26 bits per heavy atom. The van der Waals surface area contributed by atoms with Crippen LogP contribution in [0, 0.1) is 22.7 Å². The van der Waals surface area contributed by atoms with Gasteiger partial charge < -0.3 is 15.1 Å². The molecule has 4 aliphatic rings. The molecule has 4 saturated carbocycles. The Bertz CT molecular complexity index is 556. The van der Waals surface area contributed by atoms with E-state index in [0.717, 1.165) is 25.7 Å². The Morgan fingerprint density at radius 2 is 1.89 bits per heavy atom.